The smallest absolute Gasteiger partial charge is 0.326 e. The topological polar surface area (TPSA) is 893 Å². The summed E-state index contributed by atoms with van der Waals surface area (Å²) in [6.45, 7) is 12.0. The Hall–Kier alpha value is -13.7. The zero-order valence-electron chi connectivity index (χ0n) is 77.6. The molecular weight excluding hydrogens is 1790 g/mol. The fourth-order valence-electron chi connectivity index (χ4n) is 13.1. The average molecular weight is 1930 g/mol. The predicted molar refractivity (Wildman–Crippen MR) is 481 cm³/mol. The third kappa shape index (κ3) is 43.6. The number of primary amides is 3. The molecule has 0 unspecified atom stereocenters. The van der Waals surface area contributed by atoms with E-state index in [0.717, 1.165) is 6.92 Å². The second kappa shape index (κ2) is 60.6. The van der Waals surface area contributed by atoms with Crippen LogP contribution < -0.4 is 125 Å². The number of carboxylic acid groups (broad SMARTS) is 2. The number of hydrogen-bond donors (Lipinski definition) is 31. The quantitative estimate of drug-likeness (QED) is 0.0166. The summed E-state index contributed by atoms with van der Waals surface area (Å²) >= 11 is 0. The van der Waals surface area contributed by atoms with E-state index in [1.165, 1.54) is 40.2 Å². The number of amides is 19. The number of rotatable bonds is 65. The molecule has 1 aromatic heterocycles. The van der Waals surface area contributed by atoms with E-state index in [0.29, 0.717) is 12.0 Å². The number of guanidine groups is 1. The molecule has 1 heterocycles. The Morgan fingerprint density at radius 2 is 0.787 bits per heavy atom. The van der Waals surface area contributed by atoms with Crippen LogP contribution >= 0.6 is 0 Å². The molecule has 0 spiro atoms. The van der Waals surface area contributed by atoms with Gasteiger partial charge in [-0.25, -0.2) is 9.78 Å². The Morgan fingerprint density at radius 3 is 1.22 bits per heavy atom. The zero-order chi connectivity index (χ0) is 103. The first kappa shape index (κ1) is 118. The first-order valence-corrected chi connectivity index (χ1v) is 44.0. The third-order valence-electron chi connectivity index (χ3n) is 20.8. The highest BCUT2D eigenvalue weighted by molar-refractivity contribution is 6.03. The monoisotopic (exact) mass is 1930 g/mol. The minimum absolute atomic E-state index is 0.0635. The minimum Gasteiger partial charge on any atom is -0.481 e. The lowest BCUT2D eigenvalue weighted by molar-refractivity contribution is -0.143. The second-order valence-corrected chi connectivity index (χ2v) is 33.7. The molecule has 0 bridgehead atoms. The molecule has 0 saturated heterocycles. The normalized spacial score (nSPS) is 15.4. The Bertz CT molecular complexity index is 4390. The number of H-pyrrole nitrogens is 1. The summed E-state index contributed by atoms with van der Waals surface area (Å²) in [6.07, 6.45) is -4.00. The van der Waals surface area contributed by atoms with Crippen LogP contribution in [-0.2, 0) is 114 Å². The van der Waals surface area contributed by atoms with Gasteiger partial charge in [-0.15, -0.1) is 0 Å². The summed E-state index contributed by atoms with van der Waals surface area (Å²) in [4.78, 5) is 292. The number of aromatic amines is 1. The number of nitrogens with one attached hydrogen (secondary N) is 19. The number of aliphatic hydroxyl groups is 4. The number of nitrogens with two attached hydrogens (primary N) is 6. The van der Waals surface area contributed by atoms with Crippen molar-refractivity contribution in [1.29, 1.82) is 5.41 Å². The lowest BCUT2D eigenvalue weighted by Gasteiger charge is -2.30. The van der Waals surface area contributed by atoms with Crippen molar-refractivity contribution in [1.82, 2.24) is 100 Å². The van der Waals surface area contributed by atoms with Crippen LogP contribution in [0, 0.1) is 29.1 Å². The van der Waals surface area contributed by atoms with Crippen molar-refractivity contribution in [2.75, 3.05) is 32.9 Å². The van der Waals surface area contributed by atoms with Crippen molar-refractivity contribution in [2.45, 2.75) is 274 Å². The van der Waals surface area contributed by atoms with Gasteiger partial charge in [0.25, 0.3) is 0 Å². The van der Waals surface area contributed by atoms with Gasteiger partial charge in [-0.3, -0.25) is 101 Å². The Kier molecular flexibility index (Phi) is 52.7. The molecule has 2 aromatic rings. The highest BCUT2D eigenvalue weighted by Crippen LogP contribution is 2.17. The standard InChI is InChI=1S/C83H136N26O27/c1-11-41(8)64(108-78(131)58(36-112)106-74(127)54(31-60(87)115)103-79(132)63(40(6)7)107-66(119)42(9)94-76(129)56(34-110)104-69(122)49(26-38(2)3)97-67(120)46(85)20-17-25-92-83(89)90)80(133)102-51(28-44-18-13-12-14-19-44)71(124)98-50(27-39(4)5)70(123)105-57(35-111)77(130)99-52(29-45-33-91-37-93-45)72(125)100-53(30-59(86)114)73(126)101-55(32-61(88)116)75(128)109-65(43(10)113)81(134)95-47(21-15-16-24-84)68(121)96-48(82(135)136)22-23-62(117)118/h12-14,18-19,33,37-43,46-58,63-65,110-113H,11,15-17,20-32,34-36,84-85H2,1-10H3,(H2,86,114)(H2,87,115)(H2,88,116)(H,91,93)(H,94,129)(H,95,134)(H,96,121)(H,97,120)(H,98,124)(H,99,130)(H,100,125)(H,101,126)(H,102,133)(H,103,132)(H,104,122)(H,105,123)(H,106,127)(H,107,119)(H,108,131)(H,109,128)(H,117,118)(H,135,136)(H4,89,90,92)/t41-,42-,43+,46-,47-,48-,49-,50-,51-,52-,53-,54-,55-,56-,57-,58-,63-,64-,65-/m0/s1. The van der Waals surface area contributed by atoms with E-state index in [1.807, 2.05) is 0 Å². The molecule has 0 saturated carbocycles. The van der Waals surface area contributed by atoms with Gasteiger partial charge in [0.15, 0.2) is 5.96 Å². The van der Waals surface area contributed by atoms with Crippen LogP contribution in [0.1, 0.15) is 164 Å². The van der Waals surface area contributed by atoms with Gasteiger partial charge in [0.2, 0.25) is 112 Å². The number of imidazole rings is 1. The van der Waals surface area contributed by atoms with E-state index >= 15 is 0 Å². The number of carbonyl (C=O) groups is 21. The van der Waals surface area contributed by atoms with Crippen molar-refractivity contribution in [3.63, 3.8) is 0 Å². The first-order chi connectivity index (χ1) is 63.8. The van der Waals surface area contributed by atoms with Crippen molar-refractivity contribution >= 4 is 130 Å². The number of carboxylic acids is 2. The second-order valence-electron chi connectivity index (χ2n) is 33.7. The Labute approximate surface area is 783 Å². The fraction of sp³-hybridized carbons (Fsp3) is 0.627. The molecule has 53 nitrogen and oxygen atoms in total. The van der Waals surface area contributed by atoms with Gasteiger partial charge in [-0.1, -0.05) is 92.1 Å². The summed E-state index contributed by atoms with van der Waals surface area (Å²) in [5.74, 6) is -27.8. The maximum absolute atomic E-state index is 14.8. The van der Waals surface area contributed by atoms with Gasteiger partial charge >= 0.3 is 11.9 Å². The number of benzene rings is 1. The van der Waals surface area contributed by atoms with Crippen LogP contribution in [0.15, 0.2) is 42.9 Å². The first-order valence-electron chi connectivity index (χ1n) is 44.0. The summed E-state index contributed by atoms with van der Waals surface area (Å²) in [6, 6.07) is -21.3. The molecule has 0 radical (unpaired) electrons. The lowest BCUT2D eigenvalue weighted by Crippen LogP contribution is -2.63. The molecule has 53 heteroatoms. The molecule has 136 heavy (non-hydrogen) atoms. The number of unbranched alkanes of at least 4 members (excludes halogenated alkanes) is 1. The van der Waals surface area contributed by atoms with Crippen LogP contribution in [0.4, 0.5) is 0 Å². The van der Waals surface area contributed by atoms with E-state index in [1.54, 1.807) is 65.0 Å². The Balaban J connectivity index is 2.47. The molecule has 760 valence electrons. The predicted octanol–water partition coefficient (Wildman–Crippen LogP) is -11.6. The van der Waals surface area contributed by atoms with Gasteiger partial charge in [0, 0.05) is 37.7 Å². The van der Waals surface area contributed by atoms with Crippen molar-refractivity contribution in [3.05, 3.63) is 54.1 Å². The van der Waals surface area contributed by atoms with E-state index in [-0.39, 0.29) is 82.0 Å². The van der Waals surface area contributed by atoms with Crippen molar-refractivity contribution < 1.29 is 131 Å². The van der Waals surface area contributed by atoms with Crippen molar-refractivity contribution in [3.8, 4) is 0 Å². The van der Waals surface area contributed by atoms with Gasteiger partial charge in [0.1, 0.15) is 96.7 Å². The molecule has 0 aliphatic heterocycles. The molecule has 37 N–H and O–H groups in total. The van der Waals surface area contributed by atoms with Gasteiger partial charge < -0.3 is 160 Å². The number of hydrogen-bond acceptors (Lipinski definition) is 29. The van der Waals surface area contributed by atoms with Gasteiger partial charge in [-0.05, 0) is 101 Å². The van der Waals surface area contributed by atoms with Gasteiger partial charge in [-0.2, -0.15) is 0 Å². The van der Waals surface area contributed by atoms with E-state index in [4.69, 9.17) is 44.9 Å². The minimum atomic E-state index is -2.11. The van der Waals surface area contributed by atoms with Crippen LogP contribution in [0.5, 0.6) is 0 Å². The summed E-state index contributed by atoms with van der Waals surface area (Å²) < 4.78 is 0. The van der Waals surface area contributed by atoms with Gasteiger partial charge in [0.05, 0.1) is 57.6 Å². The van der Waals surface area contributed by atoms with Crippen LogP contribution in [0.2, 0.25) is 0 Å². The number of nitrogens with zero attached hydrogens (tertiary/aromatic N) is 1. The fourth-order valence-corrected chi connectivity index (χ4v) is 13.1. The molecule has 1 aromatic carbocycles. The third-order valence-corrected chi connectivity index (χ3v) is 20.8. The Morgan fingerprint density at radius 1 is 0.412 bits per heavy atom. The highest BCUT2D eigenvalue weighted by Gasteiger charge is 2.42. The van der Waals surface area contributed by atoms with Crippen molar-refractivity contribution in [2.24, 2.45) is 58.1 Å². The highest BCUT2D eigenvalue weighted by atomic mass is 16.4. The lowest BCUT2D eigenvalue weighted by atomic mass is 9.96. The molecule has 0 fully saturated rings. The molecule has 0 aliphatic carbocycles. The van der Waals surface area contributed by atoms with E-state index < -0.39 is 309 Å². The SMILES string of the molecule is CC[C@H](C)[C@H](NC(=O)[C@H](CO)NC(=O)[C@H](CC(N)=O)NC(=O)[C@@H](NC(=O)[C@H](C)NC(=O)[C@H](CO)NC(=O)[C@H](CC(C)C)NC(=O)[C@@H](N)CCCNC(=N)N)C(C)C)C(=O)N[C@@H](Cc1ccccc1)C(=O)N[C@@H](CC(C)C)C(=O)N[C@@H](CO)C(=O)N[C@@H](Cc1cnc[nH]1)C(=O)N[C@@H](CC(N)=O)C(=O)N[C@@H](CC(N)=O)C(=O)N[C@H](C(=O)N[C@@H](CCCCN)C(=O)N[C@@H](CCC(=O)O)C(=O)O)[C@@H](C)O. The number of aliphatic hydroxyl groups excluding tert-OH is 4. The molecular formula is C83H136N26O27. The van der Waals surface area contributed by atoms with Crippen LogP contribution in [0.25, 0.3) is 0 Å². The summed E-state index contributed by atoms with van der Waals surface area (Å²) in [5, 5.41) is 108. The maximum atomic E-state index is 14.8. The van der Waals surface area contributed by atoms with E-state index in [2.05, 4.69) is 100 Å². The largest absolute Gasteiger partial charge is 0.481 e. The number of carbonyl (C=O) groups excluding carboxylic acids is 19. The summed E-state index contributed by atoms with van der Waals surface area (Å²) in [7, 11) is 0. The molecule has 19 atom stereocenters. The number of aliphatic carboxylic acids is 2. The molecule has 2 rings (SSSR count). The number of aromatic nitrogens is 2. The maximum Gasteiger partial charge on any atom is 0.326 e. The summed E-state index contributed by atoms with van der Waals surface area (Å²) in [5.41, 5.74) is 34.0. The van der Waals surface area contributed by atoms with E-state index in [9.17, 15) is 126 Å². The zero-order valence-corrected chi connectivity index (χ0v) is 77.6. The van der Waals surface area contributed by atoms with Crippen LogP contribution in [-0.4, -0.2) is 312 Å². The molecule has 19 amide bonds. The molecule has 0 aliphatic rings. The average Bonchev–Trinajstić information content (AvgIpc) is 0.859. The van der Waals surface area contributed by atoms with Crippen LogP contribution in [0.3, 0.4) is 0 Å².